The highest BCUT2D eigenvalue weighted by Gasteiger charge is 2.13. The zero-order chi connectivity index (χ0) is 22.5. The van der Waals surface area contributed by atoms with E-state index in [0.29, 0.717) is 15.9 Å². The van der Waals surface area contributed by atoms with E-state index in [-0.39, 0.29) is 23.3 Å². The van der Waals surface area contributed by atoms with Crippen LogP contribution in [0.3, 0.4) is 0 Å². The second kappa shape index (κ2) is 9.40. The molecule has 162 valence electrons. The van der Waals surface area contributed by atoms with Crippen LogP contribution in [-0.4, -0.2) is 42.7 Å². The largest absolute Gasteiger partial charge is 0.334 e. The van der Waals surface area contributed by atoms with Gasteiger partial charge in [-0.2, -0.15) is 5.10 Å². The number of hydrazone groups is 1. The summed E-state index contributed by atoms with van der Waals surface area (Å²) in [6.07, 6.45) is 1.39. The summed E-state index contributed by atoms with van der Waals surface area (Å²) in [6.45, 7) is 0. The molecule has 0 aliphatic carbocycles. The fourth-order valence-electron chi connectivity index (χ4n) is 2.55. The van der Waals surface area contributed by atoms with Crippen molar-refractivity contribution in [3.63, 3.8) is 0 Å². The Hall–Kier alpha value is -4.04. The maximum Gasteiger partial charge on any atom is 0.270 e. The quantitative estimate of drug-likeness (QED) is 0.116. The molecule has 0 spiro atoms. The highest BCUT2D eigenvalue weighted by atomic mass is 32.2. The fourth-order valence-corrected chi connectivity index (χ4v) is 4.08. The first-order valence-corrected chi connectivity index (χ1v) is 10.8. The Kier molecular flexibility index (Phi) is 6.23. The second-order valence-electron chi connectivity index (χ2n) is 6.22. The van der Waals surface area contributed by atoms with Gasteiger partial charge >= 0.3 is 0 Å². The number of nitro groups is 1. The number of non-ortho nitro benzene ring substituents is 1. The summed E-state index contributed by atoms with van der Waals surface area (Å²) in [5.74, 6) is 5.88. The zero-order valence-corrected chi connectivity index (χ0v) is 17.8. The third-order valence-corrected chi connectivity index (χ3v) is 5.89. The lowest BCUT2D eigenvalue weighted by Crippen LogP contribution is -2.16. The monoisotopic (exact) mass is 469 g/mol. The molecular weight excluding hydrogens is 454 g/mol. The number of thiazole rings is 1. The van der Waals surface area contributed by atoms with E-state index in [1.54, 1.807) is 12.1 Å². The number of nitrogens with zero attached hydrogens (tertiary/aromatic N) is 6. The molecule has 0 atom stereocenters. The molecule has 4 rings (SSSR count). The van der Waals surface area contributed by atoms with Crippen LogP contribution >= 0.6 is 23.1 Å². The van der Waals surface area contributed by atoms with Crippen molar-refractivity contribution >= 4 is 62.2 Å². The molecule has 0 saturated carbocycles. The molecule has 0 radical (unpaired) electrons. The van der Waals surface area contributed by atoms with E-state index in [0.717, 1.165) is 26.7 Å². The van der Waals surface area contributed by atoms with Gasteiger partial charge in [-0.1, -0.05) is 47.4 Å². The van der Waals surface area contributed by atoms with Gasteiger partial charge in [0.05, 0.1) is 27.1 Å². The molecule has 0 bridgehead atoms. The lowest BCUT2D eigenvalue weighted by atomic mass is 10.2. The normalized spacial score (nSPS) is 11.1. The minimum atomic E-state index is -0.488. The van der Waals surface area contributed by atoms with Gasteiger partial charge < -0.3 is 11.2 Å². The molecular formula is C18H15N9O3S2. The predicted octanol–water partition coefficient (Wildman–Crippen LogP) is 2.69. The lowest BCUT2D eigenvalue weighted by Gasteiger charge is -2.03. The third kappa shape index (κ3) is 4.98. The Bertz CT molecular complexity index is 1290. The van der Waals surface area contributed by atoms with Crippen molar-refractivity contribution in [2.45, 2.75) is 5.16 Å². The number of aromatic nitrogens is 4. The molecule has 4 N–H and O–H groups in total. The van der Waals surface area contributed by atoms with Crippen LogP contribution in [0, 0.1) is 10.1 Å². The van der Waals surface area contributed by atoms with Gasteiger partial charge in [-0.05, 0) is 12.1 Å². The van der Waals surface area contributed by atoms with Crippen molar-refractivity contribution < 1.29 is 9.72 Å². The molecule has 4 aromatic rings. The maximum absolute atomic E-state index is 12.2. The number of nitrogens with one attached hydrogen (secondary N) is 2. The second-order valence-corrected chi connectivity index (χ2v) is 8.20. The first kappa shape index (κ1) is 21.2. The number of benzene rings is 2. The van der Waals surface area contributed by atoms with E-state index in [2.05, 4.69) is 31.0 Å². The average molecular weight is 470 g/mol. The number of nitrogen functional groups attached to an aromatic ring is 1. The first-order valence-electron chi connectivity index (χ1n) is 9.02. The van der Waals surface area contributed by atoms with Crippen LogP contribution in [0.25, 0.3) is 10.2 Å². The summed E-state index contributed by atoms with van der Waals surface area (Å²) in [5.41, 5.74) is 3.92. The van der Waals surface area contributed by atoms with Crippen LogP contribution < -0.4 is 16.6 Å². The Balaban J connectivity index is 1.32. The molecule has 1 amide bonds. The fraction of sp³-hybridized carbons (Fsp3) is 0.0556. The molecule has 2 aromatic heterocycles. The zero-order valence-electron chi connectivity index (χ0n) is 16.2. The molecule has 0 fully saturated rings. The van der Waals surface area contributed by atoms with E-state index >= 15 is 0 Å². The van der Waals surface area contributed by atoms with Crippen molar-refractivity contribution in [2.24, 2.45) is 5.10 Å². The highest BCUT2D eigenvalue weighted by Crippen LogP contribution is 2.26. The van der Waals surface area contributed by atoms with Crippen molar-refractivity contribution in [1.29, 1.82) is 0 Å². The van der Waals surface area contributed by atoms with Crippen molar-refractivity contribution in [2.75, 3.05) is 22.3 Å². The molecule has 14 heteroatoms. The van der Waals surface area contributed by atoms with E-state index < -0.39 is 4.92 Å². The Labute approximate surface area is 188 Å². The summed E-state index contributed by atoms with van der Waals surface area (Å²) in [6, 6.07) is 13.6. The molecule has 2 aromatic carbocycles. The lowest BCUT2D eigenvalue weighted by molar-refractivity contribution is -0.384. The minimum absolute atomic E-state index is 0.0428. The number of amides is 1. The highest BCUT2D eigenvalue weighted by molar-refractivity contribution is 7.99. The molecule has 0 saturated heterocycles. The summed E-state index contributed by atoms with van der Waals surface area (Å²) in [4.78, 5) is 26.9. The molecule has 0 aliphatic heterocycles. The number of hydrogen-bond donors (Lipinski definition) is 3. The van der Waals surface area contributed by atoms with Crippen molar-refractivity contribution in [3.05, 3.63) is 64.2 Å². The van der Waals surface area contributed by atoms with Crippen LogP contribution in [-0.2, 0) is 4.79 Å². The summed E-state index contributed by atoms with van der Waals surface area (Å²) in [5, 5.41) is 26.2. The Morgan fingerprint density at radius 3 is 2.94 bits per heavy atom. The SMILES string of the molecule is Nn1c(N/N=C/c2cccc([N+](=O)[O-])c2)nnc1SCC(=O)Nc1nc2ccccc2s1. The molecule has 32 heavy (non-hydrogen) atoms. The van der Waals surface area contributed by atoms with Gasteiger partial charge in [0, 0.05) is 17.7 Å². The number of carbonyl (C=O) groups is 1. The van der Waals surface area contributed by atoms with E-state index in [9.17, 15) is 14.9 Å². The standard InChI is InChI=1S/C18H15N9O3S2/c19-26-16(23-20-9-11-4-3-5-12(8-11)27(29)30)24-25-18(26)31-10-15(28)22-17-21-13-6-1-2-7-14(13)32-17/h1-9H,10,19H2,(H,23,24)(H,21,22,28)/b20-9+. The van der Waals surface area contributed by atoms with E-state index in [1.807, 2.05) is 24.3 Å². The number of carbonyl (C=O) groups excluding carboxylic acids is 1. The van der Waals surface area contributed by atoms with Crippen LogP contribution in [0.1, 0.15) is 5.56 Å². The number of rotatable bonds is 8. The van der Waals surface area contributed by atoms with Gasteiger partial charge in [-0.3, -0.25) is 14.9 Å². The predicted molar refractivity (Wildman–Crippen MR) is 123 cm³/mol. The minimum Gasteiger partial charge on any atom is -0.334 e. The van der Waals surface area contributed by atoms with Gasteiger partial charge in [0.1, 0.15) is 0 Å². The molecule has 0 unspecified atom stereocenters. The number of thioether (sulfide) groups is 1. The van der Waals surface area contributed by atoms with Crippen LogP contribution in [0.2, 0.25) is 0 Å². The Morgan fingerprint density at radius 2 is 2.12 bits per heavy atom. The molecule has 2 heterocycles. The Morgan fingerprint density at radius 1 is 1.28 bits per heavy atom. The van der Waals surface area contributed by atoms with Crippen molar-refractivity contribution in [3.8, 4) is 0 Å². The summed E-state index contributed by atoms with van der Waals surface area (Å²) in [7, 11) is 0. The third-order valence-electron chi connectivity index (χ3n) is 4.00. The van der Waals surface area contributed by atoms with E-state index in [1.165, 1.54) is 29.7 Å². The van der Waals surface area contributed by atoms with Crippen LogP contribution in [0.4, 0.5) is 16.8 Å². The van der Waals surface area contributed by atoms with Crippen LogP contribution in [0.15, 0.2) is 58.8 Å². The molecule has 12 nitrogen and oxygen atoms in total. The number of anilines is 2. The average Bonchev–Trinajstić information content (AvgIpc) is 3.35. The van der Waals surface area contributed by atoms with Gasteiger partial charge in [-0.25, -0.2) is 15.1 Å². The van der Waals surface area contributed by atoms with Gasteiger partial charge in [0.25, 0.3) is 11.6 Å². The molecule has 0 aliphatic rings. The number of para-hydroxylation sites is 1. The smallest absolute Gasteiger partial charge is 0.270 e. The van der Waals surface area contributed by atoms with Gasteiger partial charge in [-0.15, -0.1) is 10.2 Å². The topological polar surface area (TPSA) is 166 Å². The summed E-state index contributed by atoms with van der Waals surface area (Å²) >= 11 is 2.49. The van der Waals surface area contributed by atoms with E-state index in [4.69, 9.17) is 5.84 Å². The number of nitro benzene ring substituents is 1. The van der Waals surface area contributed by atoms with Gasteiger partial charge in [0.15, 0.2) is 5.13 Å². The van der Waals surface area contributed by atoms with Crippen molar-refractivity contribution in [1.82, 2.24) is 19.9 Å². The maximum atomic E-state index is 12.2. The van der Waals surface area contributed by atoms with Crippen LogP contribution in [0.5, 0.6) is 0 Å². The summed E-state index contributed by atoms with van der Waals surface area (Å²) < 4.78 is 2.14. The number of fused-ring (bicyclic) bond motifs is 1. The first-order chi connectivity index (χ1) is 15.5. The number of nitrogens with two attached hydrogens (primary N) is 1. The van der Waals surface area contributed by atoms with Gasteiger partial charge in [0.2, 0.25) is 11.1 Å². The number of hydrogen-bond acceptors (Lipinski definition) is 11.